The maximum atomic E-state index is 2.28. The maximum absolute atomic E-state index is 2.28. The van der Waals surface area contributed by atoms with Crippen molar-refractivity contribution in [1.29, 1.82) is 0 Å². The Kier molecular flexibility index (Phi) is 4.71. The van der Waals surface area contributed by atoms with Crippen LogP contribution in [0.1, 0.15) is 39.0 Å². The van der Waals surface area contributed by atoms with Crippen LogP contribution in [0.2, 0.25) is 0 Å². The number of hydrogen-bond donors (Lipinski definition) is 0. The van der Waals surface area contributed by atoms with Gasteiger partial charge in [0.05, 0.1) is 0 Å². The third kappa shape index (κ3) is 2.75. The van der Waals surface area contributed by atoms with E-state index in [-0.39, 0.29) is 17.4 Å². The first kappa shape index (κ1) is 8.53. The Morgan fingerprint density at radius 3 is 1.75 bits per heavy atom. The summed E-state index contributed by atoms with van der Waals surface area (Å²) in [5.41, 5.74) is 0. The molecule has 0 amide bonds. The highest BCUT2D eigenvalue weighted by Crippen LogP contribution is 2.23. The molecule has 0 nitrogen and oxygen atoms in total. The molecule has 0 aromatic heterocycles. The molecule has 1 fully saturated rings. The molecule has 1 saturated carbocycles. The van der Waals surface area contributed by atoms with Crippen LogP contribution in [0, 0.1) is 5.92 Å². The van der Waals surface area contributed by atoms with Gasteiger partial charge in [-0.05, 0) is 18.8 Å². The molecule has 0 aromatic rings. The van der Waals surface area contributed by atoms with Crippen molar-refractivity contribution in [2.75, 3.05) is 0 Å². The molecule has 0 bridgehead atoms. The summed E-state index contributed by atoms with van der Waals surface area (Å²) < 4.78 is 0. The van der Waals surface area contributed by atoms with Crippen LogP contribution < -0.4 is 0 Å². The van der Waals surface area contributed by atoms with E-state index in [2.05, 4.69) is 6.92 Å². The van der Waals surface area contributed by atoms with E-state index in [1.165, 1.54) is 32.1 Å². The summed E-state index contributed by atoms with van der Waals surface area (Å²) in [4.78, 5) is 0. The molecular formula is C7H16Al. The van der Waals surface area contributed by atoms with Crippen molar-refractivity contribution in [2.45, 2.75) is 39.0 Å². The maximum Gasteiger partial charge on any atom is 0.187 e. The fourth-order valence-electron chi connectivity index (χ4n) is 1.16. The molecule has 0 aromatic carbocycles. The minimum atomic E-state index is 0. The lowest BCUT2D eigenvalue weighted by Gasteiger charge is -2.14. The molecular weight excluding hydrogens is 111 g/mol. The van der Waals surface area contributed by atoms with Gasteiger partial charge in [0.25, 0.3) is 0 Å². The lowest BCUT2D eigenvalue weighted by molar-refractivity contribution is 0.539. The first-order valence-corrected chi connectivity index (χ1v) is 3.21. The van der Waals surface area contributed by atoms with Crippen LogP contribution in [0.25, 0.3) is 0 Å². The molecule has 8 heavy (non-hydrogen) atoms. The topological polar surface area (TPSA) is 0 Å². The van der Waals surface area contributed by atoms with E-state index in [1.807, 2.05) is 0 Å². The number of hydrogen-bond acceptors (Lipinski definition) is 0. The zero-order valence-corrected chi connectivity index (χ0v) is 5.04. The van der Waals surface area contributed by atoms with E-state index in [1.54, 1.807) is 5.92 Å². The molecule has 0 heterocycles. The smallest absolute Gasteiger partial charge is 0.0591 e. The molecule has 0 saturated heterocycles. The second-order valence-corrected chi connectivity index (χ2v) is 2.52. The van der Waals surface area contributed by atoms with Gasteiger partial charge in [-0.2, -0.15) is 0 Å². The van der Waals surface area contributed by atoms with E-state index >= 15 is 0 Å². The van der Waals surface area contributed by atoms with Crippen LogP contribution >= 0.6 is 0 Å². The molecule has 1 radical (unpaired) electrons. The average molecular weight is 127 g/mol. The monoisotopic (exact) mass is 127 g/mol. The average Bonchev–Trinajstić information content (AvgIpc) is 1.69. The van der Waals surface area contributed by atoms with Crippen LogP contribution in [0.3, 0.4) is 0 Å². The Labute approximate surface area is 62.8 Å². The Bertz CT molecular complexity index is 46.3. The summed E-state index contributed by atoms with van der Waals surface area (Å²) in [6.45, 7) is 2.28. The van der Waals surface area contributed by atoms with Crippen LogP contribution in [0.5, 0.6) is 0 Å². The molecule has 0 N–H and O–H groups in total. The van der Waals surface area contributed by atoms with Crippen LogP contribution in [0.4, 0.5) is 0 Å². The Morgan fingerprint density at radius 1 is 1.00 bits per heavy atom. The highest BCUT2D eigenvalue weighted by molar-refractivity contribution is 5.75. The van der Waals surface area contributed by atoms with Gasteiger partial charge >= 0.3 is 0 Å². The largest absolute Gasteiger partial charge is 0.187 e. The summed E-state index contributed by atoms with van der Waals surface area (Å²) in [7, 11) is 0. The van der Waals surface area contributed by atoms with Gasteiger partial charge in [0.1, 0.15) is 0 Å². The van der Waals surface area contributed by atoms with Crippen molar-refractivity contribution >= 4 is 17.4 Å². The fourth-order valence-corrected chi connectivity index (χ4v) is 1.16. The molecule has 1 aliphatic rings. The van der Waals surface area contributed by atoms with E-state index in [0.29, 0.717) is 0 Å². The second-order valence-electron chi connectivity index (χ2n) is 2.52. The highest BCUT2D eigenvalue weighted by atomic mass is 27.0. The minimum Gasteiger partial charge on any atom is -0.0591 e. The second kappa shape index (κ2) is 4.42. The van der Waals surface area contributed by atoms with Crippen molar-refractivity contribution < 1.29 is 0 Å². The summed E-state index contributed by atoms with van der Waals surface area (Å²) in [6, 6.07) is 0. The van der Waals surface area contributed by atoms with Gasteiger partial charge in [0, 0.05) is 0 Å². The fraction of sp³-hybridized carbons (Fsp3) is 0.857. The van der Waals surface area contributed by atoms with E-state index in [0.717, 1.165) is 0 Å². The van der Waals surface area contributed by atoms with Crippen molar-refractivity contribution in [3.8, 4) is 0 Å². The van der Waals surface area contributed by atoms with Gasteiger partial charge < -0.3 is 0 Å². The normalized spacial score (nSPS) is 22.1. The first-order chi connectivity index (χ1) is 3.39. The van der Waals surface area contributed by atoms with Crippen LogP contribution in [0.15, 0.2) is 0 Å². The van der Waals surface area contributed by atoms with Gasteiger partial charge in [-0.3, -0.25) is 0 Å². The van der Waals surface area contributed by atoms with Gasteiger partial charge in [-0.1, -0.05) is 26.2 Å². The Hall–Kier alpha value is 0.532. The third-order valence-electron chi connectivity index (χ3n) is 1.71. The van der Waals surface area contributed by atoms with Gasteiger partial charge in [-0.15, -0.1) is 0 Å². The number of rotatable bonds is 0. The summed E-state index contributed by atoms with van der Waals surface area (Å²) in [5, 5.41) is 0. The van der Waals surface area contributed by atoms with Gasteiger partial charge in [-0.25, -0.2) is 0 Å². The molecule has 1 rings (SSSR count). The standard InChI is InChI=1S/C7H13.Al.3H/c1-7-5-3-2-4-6-7;;;;/h2-6H2,1H3;;;;. The van der Waals surface area contributed by atoms with Crippen molar-refractivity contribution in [2.24, 2.45) is 0 Å². The van der Waals surface area contributed by atoms with Crippen molar-refractivity contribution in [1.82, 2.24) is 0 Å². The van der Waals surface area contributed by atoms with Crippen LogP contribution in [-0.2, 0) is 0 Å². The first-order valence-electron chi connectivity index (χ1n) is 3.21. The van der Waals surface area contributed by atoms with Gasteiger partial charge in [0.2, 0.25) is 0 Å². The van der Waals surface area contributed by atoms with E-state index in [4.69, 9.17) is 0 Å². The van der Waals surface area contributed by atoms with Crippen LogP contribution in [-0.4, -0.2) is 17.4 Å². The Balaban J connectivity index is 0.000000490. The minimum absolute atomic E-state index is 0. The third-order valence-corrected chi connectivity index (χ3v) is 1.71. The summed E-state index contributed by atoms with van der Waals surface area (Å²) in [5.74, 6) is 1.71. The summed E-state index contributed by atoms with van der Waals surface area (Å²) >= 11 is 0. The molecule has 0 aliphatic heterocycles. The summed E-state index contributed by atoms with van der Waals surface area (Å²) in [6.07, 6.45) is 7.18. The SMILES string of the molecule is C[C]1CCCCC1.[AlH3]. The predicted octanol–water partition coefficient (Wildman–Crippen LogP) is 1.36. The molecule has 0 spiro atoms. The zero-order valence-electron chi connectivity index (χ0n) is 5.04. The Morgan fingerprint density at radius 2 is 1.50 bits per heavy atom. The lowest BCUT2D eigenvalue weighted by Crippen LogP contribution is -1.97. The lowest BCUT2D eigenvalue weighted by atomic mass is 9.91. The van der Waals surface area contributed by atoms with E-state index < -0.39 is 0 Å². The molecule has 1 aliphatic carbocycles. The molecule has 0 unspecified atom stereocenters. The highest BCUT2D eigenvalue weighted by Gasteiger charge is 2.06. The molecule has 0 atom stereocenters. The van der Waals surface area contributed by atoms with Gasteiger partial charge in [0.15, 0.2) is 17.4 Å². The van der Waals surface area contributed by atoms with Crippen molar-refractivity contribution in [3.05, 3.63) is 5.92 Å². The zero-order chi connectivity index (χ0) is 5.11. The van der Waals surface area contributed by atoms with Crippen molar-refractivity contribution in [3.63, 3.8) is 0 Å². The van der Waals surface area contributed by atoms with E-state index in [9.17, 15) is 0 Å². The quantitative estimate of drug-likeness (QED) is 0.431. The predicted molar refractivity (Wildman–Crippen MR) is 41.9 cm³/mol. The molecule has 1 heteroatoms. The molecule has 47 valence electrons.